The molecule has 1 heterocycles. The molecule has 0 radical (unpaired) electrons. The number of anilines is 1. The third kappa shape index (κ3) is 6.67. The zero-order valence-electron chi connectivity index (χ0n) is 18.4. The van der Waals surface area contributed by atoms with Crippen molar-refractivity contribution in [1.82, 2.24) is 14.8 Å². The number of benzene rings is 2. The lowest BCUT2D eigenvalue weighted by Gasteiger charge is -2.16. The number of carbonyl (C=O) groups excluding carboxylic acids is 1. The van der Waals surface area contributed by atoms with Gasteiger partial charge in [-0.3, -0.25) is 9.36 Å². The lowest BCUT2D eigenvalue weighted by Crippen LogP contribution is -2.16. The van der Waals surface area contributed by atoms with Gasteiger partial charge in [0.1, 0.15) is 5.75 Å². The third-order valence-electron chi connectivity index (χ3n) is 4.55. The van der Waals surface area contributed by atoms with Crippen molar-refractivity contribution in [2.75, 3.05) is 11.1 Å². The van der Waals surface area contributed by atoms with E-state index >= 15 is 0 Å². The van der Waals surface area contributed by atoms with Gasteiger partial charge >= 0.3 is 0 Å². The van der Waals surface area contributed by atoms with E-state index in [0.717, 1.165) is 16.9 Å². The van der Waals surface area contributed by atoms with E-state index in [1.165, 1.54) is 23.9 Å². The van der Waals surface area contributed by atoms with Crippen LogP contribution in [0.1, 0.15) is 30.0 Å². The van der Waals surface area contributed by atoms with Crippen LogP contribution in [0.4, 0.5) is 5.69 Å². The van der Waals surface area contributed by atoms with Crippen molar-refractivity contribution in [2.45, 2.75) is 38.6 Å². The maximum absolute atomic E-state index is 12.5. The highest BCUT2D eigenvalue weighted by Gasteiger charge is 2.20. The Kier molecular flexibility index (Phi) is 8.70. The van der Waals surface area contributed by atoms with Crippen molar-refractivity contribution in [3.63, 3.8) is 0 Å². The monoisotopic (exact) mass is 524 g/mol. The van der Waals surface area contributed by atoms with Crippen LogP contribution < -0.4 is 10.1 Å². The minimum Gasteiger partial charge on any atom is -0.483 e. The number of carbonyl (C=O) groups is 1. The van der Waals surface area contributed by atoms with E-state index in [-0.39, 0.29) is 17.8 Å². The van der Waals surface area contributed by atoms with Crippen LogP contribution in [-0.2, 0) is 11.3 Å². The molecule has 1 atom stereocenters. The van der Waals surface area contributed by atoms with E-state index < -0.39 is 0 Å². The van der Waals surface area contributed by atoms with E-state index in [1.807, 2.05) is 37.5 Å². The topological polar surface area (TPSA) is 69.0 Å². The summed E-state index contributed by atoms with van der Waals surface area (Å²) in [4.78, 5) is 12.5. The number of halogens is 3. The van der Waals surface area contributed by atoms with Gasteiger partial charge in [-0.25, -0.2) is 0 Å². The van der Waals surface area contributed by atoms with Crippen molar-refractivity contribution in [3.05, 3.63) is 75.0 Å². The summed E-state index contributed by atoms with van der Waals surface area (Å²) in [6.07, 6.45) is 1.40. The molecule has 0 fully saturated rings. The predicted octanol–water partition coefficient (Wildman–Crippen LogP) is 6.91. The van der Waals surface area contributed by atoms with Crippen molar-refractivity contribution in [3.8, 4) is 5.75 Å². The van der Waals surface area contributed by atoms with Gasteiger partial charge in [0.2, 0.25) is 5.91 Å². The molecule has 10 heteroatoms. The molecule has 0 saturated carbocycles. The van der Waals surface area contributed by atoms with Crippen molar-refractivity contribution in [1.29, 1.82) is 0 Å². The second kappa shape index (κ2) is 11.3. The molecule has 2 aromatic carbocycles. The average Bonchev–Trinajstić information content (AvgIpc) is 3.13. The minimum absolute atomic E-state index is 0.0954. The smallest absolute Gasteiger partial charge is 0.234 e. The van der Waals surface area contributed by atoms with E-state index in [4.69, 9.17) is 39.5 Å². The Morgan fingerprint density at radius 2 is 1.79 bits per heavy atom. The molecule has 0 saturated heterocycles. The summed E-state index contributed by atoms with van der Waals surface area (Å²) >= 11 is 19.3. The SMILES string of the molecule is C=CCn1c(SCC(=O)Nc2cc(Cl)c(Cl)cc2Cl)nnc1C(C)Oc1cc(C)cc(C)c1. The van der Waals surface area contributed by atoms with E-state index in [0.29, 0.717) is 38.3 Å². The molecule has 1 aromatic heterocycles. The summed E-state index contributed by atoms with van der Waals surface area (Å²) in [5, 5.41) is 12.8. The average molecular weight is 526 g/mol. The molecule has 33 heavy (non-hydrogen) atoms. The maximum atomic E-state index is 12.5. The molecular weight excluding hydrogens is 503 g/mol. The number of thioether (sulfide) groups is 1. The summed E-state index contributed by atoms with van der Waals surface area (Å²) in [6, 6.07) is 9.04. The number of aryl methyl sites for hydroxylation is 2. The molecule has 174 valence electrons. The molecule has 0 aliphatic heterocycles. The summed E-state index contributed by atoms with van der Waals surface area (Å²) in [5.74, 6) is 1.23. The highest BCUT2D eigenvalue weighted by atomic mass is 35.5. The lowest BCUT2D eigenvalue weighted by atomic mass is 10.1. The van der Waals surface area contributed by atoms with Gasteiger partial charge in [-0.15, -0.1) is 16.8 Å². The number of aromatic nitrogens is 3. The van der Waals surface area contributed by atoms with Crippen LogP contribution in [0.3, 0.4) is 0 Å². The predicted molar refractivity (Wildman–Crippen MR) is 136 cm³/mol. The van der Waals surface area contributed by atoms with Crippen molar-refractivity contribution < 1.29 is 9.53 Å². The third-order valence-corrected chi connectivity index (χ3v) is 6.55. The molecule has 6 nitrogen and oxygen atoms in total. The Bertz CT molecular complexity index is 1160. The maximum Gasteiger partial charge on any atom is 0.234 e. The van der Waals surface area contributed by atoms with Crippen LogP contribution in [-0.4, -0.2) is 26.4 Å². The largest absolute Gasteiger partial charge is 0.483 e. The fourth-order valence-electron chi connectivity index (χ4n) is 3.20. The van der Waals surface area contributed by atoms with Gasteiger partial charge in [0.15, 0.2) is 17.1 Å². The minimum atomic E-state index is -0.350. The molecule has 0 aliphatic rings. The van der Waals surface area contributed by atoms with Crippen LogP contribution in [0.25, 0.3) is 0 Å². The van der Waals surface area contributed by atoms with E-state index in [2.05, 4.69) is 28.2 Å². The number of ether oxygens (including phenoxy) is 1. The van der Waals surface area contributed by atoms with Crippen LogP contribution in [0, 0.1) is 13.8 Å². The van der Waals surface area contributed by atoms with Gasteiger partial charge < -0.3 is 10.1 Å². The molecule has 1 N–H and O–H groups in total. The van der Waals surface area contributed by atoms with Gasteiger partial charge in [0.05, 0.1) is 26.5 Å². The van der Waals surface area contributed by atoms with Crippen molar-refractivity contribution >= 4 is 58.2 Å². The Morgan fingerprint density at radius 3 is 2.45 bits per heavy atom. The molecular formula is C23H23Cl3N4O2S. The molecule has 0 bridgehead atoms. The van der Waals surface area contributed by atoms with Gasteiger partial charge in [0.25, 0.3) is 0 Å². The number of rotatable bonds is 9. The summed E-state index contributed by atoms with van der Waals surface area (Å²) in [6.45, 7) is 10.3. The van der Waals surface area contributed by atoms with Crippen LogP contribution in [0.5, 0.6) is 5.75 Å². The quantitative estimate of drug-likeness (QED) is 0.187. The number of nitrogens with one attached hydrogen (secondary N) is 1. The summed E-state index contributed by atoms with van der Waals surface area (Å²) < 4.78 is 8.00. The Hall–Kier alpha value is -2.19. The first-order valence-electron chi connectivity index (χ1n) is 10.0. The fraction of sp³-hybridized carbons (Fsp3) is 0.261. The molecule has 3 aromatic rings. The summed E-state index contributed by atoms with van der Waals surface area (Å²) in [5.41, 5.74) is 2.63. The number of nitrogens with zero attached hydrogens (tertiary/aromatic N) is 3. The van der Waals surface area contributed by atoms with E-state index in [9.17, 15) is 4.79 Å². The Labute approximate surface area is 212 Å². The Balaban J connectivity index is 1.70. The van der Waals surface area contributed by atoms with Crippen LogP contribution in [0.15, 0.2) is 48.1 Å². The van der Waals surface area contributed by atoms with Crippen LogP contribution in [0.2, 0.25) is 15.1 Å². The molecule has 0 spiro atoms. The number of hydrogen-bond donors (Lipinski definition) is 1. The lowest BCUT2D eigenvalue weighted by molar-refractivity contribution is -0.113. The molecule has 1 amide bonds. The Morgan fingerprint density at radius 1 is 1.12 bits per heavy atom. The standard InChI is InChI=1S/C23H23Cl3N4O2S/c1-5-6-30-22(15(4)32-16-8-13(2)7-14(3)9-16)28-29-23(30)33-12-21(31)27-20-11-18(25)17(24)10-19(20)26/h5,7-11,15H,1,6,12H2,2-4H3,(H,27,31). The first-order chi connectivity index (χ1) is 15.7. The van der Waals surface area contributed by atoms with E-state index in [1.54, 1.807) is 6.08 Å². The highest BCUT2D eigenvalue weighted by Crippen LogP contribution is 2.32. The van der Waals surface area contributed by atoms with Gasteiger partial charge in [-0.05, 0) is 56.2 Å². The van der Waals surface area contributed by atoms with Gasteiger partial charge in [-0.2, -0.15) is 0 Å². The number of hydrogen-bond acceptors (Lipinski definition) is 5. The zero-order valence-corrected chi connectivity index (χ0v) is 21.4. The number of amides is 1. The molecule has 3 rings (SSSR count). The summed E-state index contributed by atoms with van der Waals surface area (Å²) in [7, 11) is 0. The fourth-order valence-corrected chi connectivity index (χ4v) is 4.55. The van der Waals surface area contributed by atoms with Crippen LogP contribution >= 0.6 is 46.6 Å². The second-order valence-corrected chi connectivity index (χ2v) is 9.57. The first-order valence-corrected chi connectivity index (χ1v) is 12.2. The molecule has 1 unspecified atom stereocenters. The normalized spacial score (nSPS) is 11.8. The number of allylic oxidation sites excluding steroid dienone is 1. The molecule has 0 aliphatic carbocycles. The van der Waals surface area contributed by atoms with Gasteiger partial charge in [-0.1, -0.05) is 58.7 Å². The second-order valence-electron chi connectivity index (χ2n) is 7.41. The first kappa shape index (κ1) is 25.4. The van der Waals surface area contributed by atoms with Gasteiger partial charge in [0, 0.05) is 6.54 Å². The zero-order chi connectivity index (χ0) is 24.1. The van der Waals surface area contributed by atoms with Crippen molar-refractivity contribution in [2.24, 2.45) is 0 Å². The highest BCUT2D eigenvalue weighted by molar-refractivity contribution is 7.99.